The van der Waals surface area contributed by atoms with Crippen molar-refractivity contribution in [1.29, 1.82) is 0 Å². The highest BCUT2D eigenvalue weighted by atomic mass is 32.2. The first-order valence-electron chi connectivity index (χ1n) is 6.53. The standard InChI is InChI=1S/C12H18N4O2S/c13-12-8-11(3-4-14-12)19(17,18)16-7-6-15-5-1-2-10(15)9-16/h3-4,8,10H,1-2,5-7,9H2,(H2,13,14). The number of nitrogens with two attached hydrogens (primary N) is 1. The molecule has 0 aromatic carbocycles. The number of anilines is 1. The summed E-state index contributed by atoms with van der Waals surface area (Å²) in [5, 5.41) is 0. The molecular weight excluding hydrogens is 264 g/mol. The predicted octanol–water partition coefficient (Wildman–Crippen LogP) is 0.133. The Morgan fingerprint density at radius 1 is 1.32 bits per heavy atom. The molecule has 2 saturated heterocycles. The first kappa shape index (κ1) is 12.8. The second-order valence-electron chi connectivity index (χ2n) is 5.11. The fraction of sp³-hybridized carbons (Fsp3) is 0.583. The first-order chi connectivity index (χ1) is 9.07. The fourth-order valence-electron chi connectivity index (χ4n) is 2.92. The third-order valence-corrected chi connectivity index (χ3v) is 5.80. The van der Waals surface area contributed by atoms with E-state index < -0.39 is 10.0 Å². The summed E-state index contributed by atoms with van der Waals surface area (Å²) in [5.74, 6) is 0.237. The van der Waals surface area contributed by atoms with Gasteiger partial charge in [-0.1, -0.05) is 0 Å². The van der Waals surface area contributed by atoms with E-state index in [-0.39, 0.29) is 10.7 Å². The van der Waals surface area contributed by atoms with Gasteiger partial charge in [0.2, 0.25) is 10.0 Å². The van der Waals surface area contributed by atoms with Crippen molar-refractivity contribution in [1.82, 2.24) is 14.2 Å². The molecule has 3 rings (SSSR count). The number of aromatic nitrogens is 1. The minimum atomic E-state index is -3.44. The number of sulfonamides is 1. The Hall–Kier alpha value is -1.18. The van der Waals surface area contributed by atoms with Crippen molar-refractivity contribution in [2.75, 3.05) is 31.9 Å². The Balaban J connectivity index is 1.85. The predicted molar refractivity (Wildman–Crippen MR) is 72.0 cm³/mol. The third kappa shape index (κ3) is 2.33. The summed E-state index contributed by atoms with van der Waals surface area (Å²) in [6.45, 7) is 3.07. The number of piperazine rings is 1. The maximum atomic E-state index is 12.6. The molecule has 19 heavy (non-hydrogen) atoms. The lowest BCUT2D eigenvalue weighted by atomic mass is 10.2. The van der Waals surface area contributed by atoms with Gasteiger partial charge in [0.15, 0.2) is 0 Å². The van der Waals surface area contributed by atoms with Crippen LogP contribution in [0.5, 0.6) is 0 Å². The van der Waals surface area contributed by atoms with Crippen molar-refractivity contribution in [3.05, 3.63) is 18.3 Å². The average molecular weight is 282 g/mol. The molecule has 2 N–H and O–H groups in total. The van der Waals surface area contributed by atoms with E-state index in [9.17, 15) is 8.42 Å². The summed E-state index contributed by atoms with van der Waals surface area (Å²) in [4.78, 5) is 6.46. The van der Waals surface area contributed by atoms with Gasteiger partial charge >= 0.3 is 0 Å². The van der Waals surface area contributed by atoms with Crippen LogP contribution in [0.2, 0.25) is 0 Å². The summed E-state index contributed by atoms with van der Waals surface area (Å²) in [5.41, 5.74) is 5.57. The first-order valence-corrected chi connectivity index (χ1v) is 7.97. The van der Waals surface area contributed by atoms with Gasteiger partial charge in [-0.05, 0) is 25.5 Å². The van der Waals surface area contributed by atoms with Gasteiger partial charge < -0.3 is 5.73 Å². The van der Waals surface area contributed by atoms with Gasteiger partial charge in [-0.3, -0.25) is 4.90 Å². The molecule has 1 aromatic rings. The van der Waals surface area contributed by atoms with Crippen molar-refractivity contribution in [3.8, 4) is 0 Å². The zero-order valence-electron chi connectivity index (χ0n) is 10.7. The molecule has 0 aliphatic carbocycles. The second-order valence-corrected chi connectivity index (χ2v) is 7.05. The van der Waals surface area contributed by atoms with E-state index in [0.29, 0.717) is 19.1 Å². The van der Waals surface area contributed by atoms with E-state index in [1.54, 1.807) is 4.31 Å². The Kier molecular flexibility index (Phi) is 3.20. The monoisotopic (exact) mass is 282 g/mol. The molecule has 0 spiro atoms. The topological polar surface area (TPSA) is 79.5 Å². The largest absolute Gasteiger partial charge is 0.384 e. The van der Waals surface area contributed by atoms with Crippen LogP contribution in [0, 0.1) is 0 Å². The van der Waals surface area contributed by atoms with Crippen LogP contribution in [0.3, 0.4) is 0 Å². The van der Waals surface area contributed by atoms with E-state index in [4.69, 9.17) is 5.73 Å². The van der Waals surface area contributed by atoms with Crippen LogP contribution in [-0.4, -0.2) is 54.8 Å². The van der Waals surface area contributed by atoms with Gasteiger partial charge in [0.05, 0.1) is 4.90 Å². The van der Waals surface area contributed by atoms with Crippen LogP contribution in [0.4, 0.5) is 5.82 Å². The van der Waals surface area contributed by atoms with Gasteiger partial charge in [-0.25, -0.2) is 13.4 Å². The smallest absolute Gasteiger partial charge is 0.243 e. The summed E-state index contributed by atoms with van der Waals surface area (Å²) < 4.78 is 26.7. The summed E-state index contributed by atoms with van der Waals surface area (Å²) in [7, 11) is -3.44. The molecule has 0 amide bonds. The molecule has 2 aliphatic heterocycles. The van der Waals surface area contributed by atoms with Crippen molar-refractivity contribution < 1.29 is 8.42 Å². The van der Waals surface area contributed by atoms with E-state index in [2.05, 4.69) is 9.88 Å². The SMILES string of the molecule is Nc1cc(S(=O)(=O)N2CCN3CCCC3C2)ccn1. The number of rotatable bonds is 2. The molecule has 1 aromatic heterocycles. The minimum Gasteiger partial charge on any atom is -0.384 e. The fourth-order valence-corrected chi connectivity index (χ4v) is 4.41. The Morgan fingerprint density at radius 3 is 2.95 bits per heavy atom. The van der Waals surface area contributed by atoms with Gasteiger partial charge in [-0.15, -0.1) is 0 Å². The van der Waals surface area contributed by atoms with E-state index in [1.807, 2.05) is 0 Å². The van der Waals surface area contributed by atoms with Gasteiger partial charge in [0, 0.05) is 37.9 Å². The zero-order chi connectivity index (χ0) is 13.5. The van der Waals surface area contributed by atoms with Crippen LogP contribution in [0.25, 0.3) is 0 Å². The molecule has 0 radical (unpaired) electrons. The lowest BCUT2D eigenvalue weighted by molar-refractivity contribution is 0.158. The van der Waals surface area contributed by atoms with E-state index in [0.717, 1.165) is 19.5 Å². The Morgan fingerprint density at radius 2 is 2.16 bits per heavy atom. The molecule has 0 bridgehead atoms. The normalized spacial score (nSPS) is 25.4. The third-order valence-electron chi connectivity index (χ3n) is 3.94. The van der Waals surface area contributed by atoms with Gasteiger partial charge in [0.1, 0.15) is 5.82 Å². The second kappa shape index (κ2) is 4.73. The summed E-state index contributed by atoms with van der Waals surface area (Å²) >= 11 is 0. The number of hydrogen-bond donors (Lipinski definition) is 1. The van der Waals surface area contributed by atoms with Crippen molar-refractivity contribution in [2.45, 2.75) is 23.8 Å². The number of hydrogen-bond acceptors (Lipinski definition) is 5. The number of nitrogens with zero attached hydrogens (tertiary/aromatic N) is 3. The summed E-state index contributed by atoms with van der Waals surface area (Å²) in [6.07, 6.45) is 3.69. The quantitative estimate of drug-likeness (QED) is 0.834. The number of pyridine rings is 1. The van der Waals surface area contributed by atoms with Crippen molar-refractivity contribution in [3.63, 3.8) is 0 Å². The van der Waals surface area contributed by atoms with Gasteiger partial charge in [0.25, 0.3) is 0 Å². The molecule has 2 fully saturated rings. The molecule has 1 atom stereocenters. The molecule has 1 unspecified atom stereocenters. The molecule has 2 aliphatic rings. The highest BCUT2D eigenvalue weighted by molar-refractivity contribution is 7.89. The Bertz CT molecular complexity index is 575. The van der Waals surface area contributed by atoms with E-state index in [1.165, 1.54) is 24.8 Å². The summed E-state index contributed by atoms with van der Waals surface area (Å²) in [6, 6.07) is 3.31. The Labute approximate surface area is 113 Å². The molecular formula is C12H18N4O2S. The maximum Gasteiger partial charge on any atom is 0.243 e. The average Bonchev–Trinajstić information content (AvgIpc) is 2.85. The molecule has 6 nitrogen and oxygen atoms in total. The van der Waals surface area contributed by atoms with Crippen molar-refractivity contribution >= 4 is 15.8 Å². The van der Waals surface area contributed by atoms with Crippen LogP contribution >= 0.6 is 0 Å². The lowest BCUT2D eigenvalue weighted by Crippen LogP contribution is -2.51. The van der Waals surface area contributed by atoms with Crippen LogP contribution in [0.1, 0.15) is 12.8 Å². The molecule has 3 heterocycles. The van der Waals surface area contributed by atoms with Crippen LogP contribution < -0.4 is 5.73 Å². The van der Waals surface area contributed by atoms with E-state index >= 15 is 0 Å². The van der Waals surface area contributed by atoms with Gasteiger partial charge in [-0.2, -0.15) is 4.31 Å². The molecule has 0 saturated carbocycles. The minimum absolute atomic E-state index is 0.237. The number of fused-ring (bicyclic) bond motifs is 1. The number of nitrogen functional groups attached to an aromatic ring is 1. The highest BCUT2D eigenvalue weighted by Crippen LogP contribution is 2.25. The molecule has 104 valence electrons. The zero-order valence-corrected chi connectivity index (χ0v) is 11.5. The molecule has 7 heteroatoms. The maximum absolute atomic E-state index is 12.6. The highest BCUT2D eigenvalue weighted by Gasteiger charge is 2.36. The van der Waals surface area contributed by atoms with Crippen LogP contribution in [0.15, 0.2) is 23.2 Å². The van der Waals surface area contributed by atoms with Crippen LogP contribution in [-0.2, 0) is 10.0 Å². The van der Waals surface area contributed by atoms with Crippen molar-refractivity contribution in [2.24, 2.45) is 0 Å². The lowest BCUT2D eigenvalue weighted by Gasteiger charge is -2.36.